The van der Waals surface area contributed by atoms with E-state index in [0.717, 1.165) is 4.90 Å². The number of nitrogens with one attached hydrogen (secondary N) is 1. The smallest absolute Gasteiger partial charge is 0.339 e. The van der Waals surface area contributed by atoms with Crippen LogP contribution in [-0.2, 0) is 19.7 Å². The number of nitrogens with zero attached hydrogens (tertiary/aromatic N) is 1. The van der Waals surface area contributed by atoms with E-state index in [-0.39, 0.29) is 21.3 Å². The summed E-state index contributed by atoms with van der Waals surface area (Å²) < 4.78 is 48.6. The van der Waals surface area contributed by atoms with Crippen LogP contribution in [0.15, 0.2) is 82.6 Å². The van der Waals surface area contributed by atoms with E-state index in [9.17, 15) is 27.2 Å². The monoisotopic (exact) mass is 542 g/mol. The van der Waals surface area contributed by atoms with Gasteiger partial charge in [0.2, 0.25) is 5.91 Å². The second-order valence-corrected chi connectivity index (χ2v) is 10.1. The van der Waals surface area contributed by atoms with Crippen LogP contribution in [0.3, 0.4) is 0 Å². The van der Waals surface area contributed by atoms with Gasteiger partial charge in [0.1, 0.15) is 17.3 Å². The standard InChI is InChI=1S/C25H19FN2O7S2/c1-34-21-13-16(7-12-20(21)35-37(32,33)19-5-3-2-4-6-19)14-22-24(30)28(25(31)36-22)15-23(29)27-18-10-8-17(26)9-11-18/h2-14H,15H2,1H3,(H,27,29)/b22-14+. The number of carbonyl (C=O) groups excluding carboxylic acids is 3. The topological polar surface area (TPSA) is 119 Å². The molecule has 0 saturated carbocycles. The Bertz CT molecular complexity index is 1490. The van der Waals surface area contributed by atoms with E-state index in [1.54, 1.807) is 18.2 Å². The van der Waals surface area contributed by atoms with Crippen molar-refractivity contribution in [2.24, 2.45) is 0 Å². The first-order valence-corrected chi connectivity index (χ1v) is 12.9. The molecule has 0 aromatic heterocycles. The number of hydrogen-bond donors (Lipinski definition) is 1. The molecule has 0 unspecified atom stereocenters. The second-order valence-electron chi connectivity index (χ2n) is 7.58. The minimum absolute atomic E-state index is 0.0294. The van der Waals surface area contributed by atoms with E-state index in [1.807, 2.05) is 0 Å². The molecular formula is C25H19FN2O7S2. The molecule has 0 aliphatic carbocycles. The molecule has 3 aromatic rings. The van der Waals surface area contributed by atoms with Gasteiger partial charge in [0.25, 0.3) is 11.1 Å². The Morgan fingerprint density at radius 3 is 2.41 bits per heavy atom. The predicted molar refractivity (Wildman–Crippen MR) is 135 cm³/mol. The highest BCUT2D eigenvalue weighted by molar-refractivity contribution is 8.18. The molecule has 37 heavy (non-hydrogen) atoms. The fraction of sp³-hybridized carbons (Fsp3) is 0.0800. The quantitative estimate of drug-likeness (QED) is 0.331. The van der Waals surface area contributed by atoms with Gasteiger partial charge in [0.15, 0.2) is 11.5 Å². The number of halogens is 1. The number of carbonyl (C=O) groups is 3. The third-order valence-electron chi connectivity index (χ3n) is 5.02. The molecule has 0 radical (unpaired) electrons. The second kappa shape index (κ2) is 10.8. The van der Waals surface area contributed by atoms with E-state index in [4.69, 9.17) is 8.92 Å². The zero-order valence-corrected chi connectivity index (χ0v) is 20.8. The summed E-state index contributed by atoms with van der Waals surface area (Å²) in [5, 5.41) is 1.86. The Hall–Kier alpha value is -4.16. The van der Waals surface area contributed by atoms with Crippen molar-refractivity contribution in [2.45, 2.75) is 4.90 Å². The Morgan fingerprint density at radius 1 is 1.03 bits per heavy atom. The summed E-state index contributed by atoms with van der Waals surface area (Å²) in [6, 6.07) is 16.9. The van der Waals surface area contributed by atoms with Gasteiger partial charge in [0, 0.05) is 5.69 Å². The molecule has 12 heteroatoms. The van der Waals surface area contributed by atoms with E-state index >= 15 is 0 Å². The van der Waals surface area contributed by atoms with Gasteiger partial charge in [-0.2, -0.15) is 8.42 Å². The number of imide groups is 1. The van der Waals surface area contributed by atoms with E-state index in [1.165, 1.54) is 67.8 Å². The number of anilines is 1. The first-order chi connectivity index (χ1) is 17.7. The van der Waals surface area contributed by atoms with Crippen LogP contribution in [0.2, 0.25) is 0 Å². The molecule has 4 rings (SSSR count). The highest BCUT2D eigenvalue weighted by Crippen LogP contribution is 2.35. The van der Waals surface area contributed by atoms with Crippen LogP contribution < -0.4 is 14.2 Å². The first kappa shape index (κ1) is 25.9. The van der Waals surface area contributed by atoms with Gasteiger partial charge in [-0.1, -0.05) is 24.3 Å². The van der Waals surface area contributed by atoms with Gasteiger partial charge >= 0.3 is 10.1 Å². The van der Waals surface area contributed by atoms with Crippen molar-refractivity contribution in [3.05, 3.63) is 89.1 Å². The Kier molecular flexibility index (Phi) is 7.60. The van der Waals surface area contributed by atoms with Gasteiger partial charge in [0.05, 0.1) is 12.0 Å². The molecule has 1 saturated heterocycles. The zero-order valence-electron chi connectivity index (χ0n) is 19.2. The van der Waals surface area contributed by atoms with E-state index < -0.39 is 39.5 Å². The molecule has 1 fully saturated rings. The molecule has 0 atom stereocenters. The minimum Gasteiger partial charge on any atom is -0.493 e. The summed E-state index contributed by atoms with van der Waals surface area (Å²) in [5.41, 5.74) is 0.750. The van der Waals surface area contributed by atoms with Crippen LogP contribution in [0, 0.1) is 5.82 Å². The number of amides is 3. The average molecular weight is 543 g/mol. The van der Waals surface area contributed by atoms with Crippen molar-refractivity contribution in [1.82, 2.24) is 4.90 Å². The van der Waals surface area contributed by atoms with Gasteiger partial charge in [-0.05, 0) is 71.9 Å². The van der Waals surface area contributed by atoms with Crippen molar-refractivity contribution in [3.63, 3.8) is 0 Å². The van der Waals surface area contributed by atoms with Crippen molar-refractivity contribution < 1.29 is 36.1 Å². The number of benzene rings is 3. The van der Waals surface area contributed by atoms with Crippen molar-refractivity contribution >= 4 is 50.7 Å². The first-order valence-electron chi connectivity index (χ1n) is 10.6. The van der Waals surface area contributed by atoms with Crippen LogP contribution in [0.5, 0.6) is 11.5 Å². The molecule has 3 aromatic carbocycles. The fourth-order valence-corrected chi connectivity index (χ4v) is 5.06. The van der Waals surface area contributed by atoms with Crippen LogP contribution >= 0.6 is 11.8 Å². The number of thioether (sulfide) groups is 1. The molecule has 9 nitrogen and oxygen atoms in total. The predicted octanol–water partition coefficient (Wildman–Crippen LogP) is 4.28. The number of ether oxygens (including phenoxy) is 1. The summed E-state index contributed by atoms with van der Waals surface area (Å²) in [4.78, 5) is 38.3. The molecule has 190 valence electrons. The van der Waals surface area contributed by atoms with Gasteiger partial charge in [-0.3, -0.25) is 19.3 Å². The molecule has 1 aliphatic heterocycles. The normalized spacial score (nSPS) is 14.6. The third-order valence-corrected chi connectivity index (χ3v) is 7.18. The Balaban J connectivity index is 1.48. The van der Waals surface area contributed by atoms with Gasteiger partial charge in [-0.25, -0.2) is 4.39 Å². The van der Waals surface area contributed by atoms with Crippen LogP contribution in [-0.4, -0.2) is 44.0 Å². The lowest BCUT2D eigenvalue weighted by molar-refractivity contribution is -0.127. The lowest BCUT2D eigenvalue weighted by Crippen LogP contribution is -2.36. The molecule has 1 heterocycles. The lowest BCUT2D eigenvalue weighted by atomic mass is 10.2. The SMILES string of the molecule is COc1cc(/C=C2/SC(=O)N(CC(=O)Nc3ccc(F)cc3)C2=O)ccc1OS(=O)(=O)c1ccccc1. The maximum absolute atomic E-state index is 13.0. The molecule has 1 aliphatic rings. The molecular weight excluding hydrogens is 523 g/mol. The lowest BCUT2D eigenvalue weighted by Gasteiger charge is -2.12. The fourth-order valence-electron chi connectivity index (χ4n) is 3.26. The maximum Gasteiger partial charge on any atom is 0.339 e. The van der Waals surface area contributed by atoms with Crippen LogP contribution in [0.4, 0.5) is 14.9 Å². The summed E-state index contributed by atoms with van der Waals surface area (Å²) in [7, 11) is -2.77. The third kappa shape index (κ3) is 6.16. The molecule has 1 N–H and O–H groups in total. The van der Waals surface area contributed by atoms with Crippen molar-refractivity contribution in [2.75, 3.05) is 19.0 Å². The van der Waals surface area contributed by atoms with Gasteiger partial charge in [-0.15, -0.1) is 0 Å². The number of methoxy groups -OCH3 is 1. The van der Waals surface area contributed by atoms with E-state index in [0.29, 0.717) is 23.0 Å². The Labute approximate surface area is 216 Å². The molecule has 3 amide bonds. The Morgan fingerprint density at radius 2 is 1.73 bits per heavy atom. The van der Waals surface area contributed by atoms with E-state index in [2.05, 4.69) is 5.32 Å². The average Bonchev–Trinajstić information content (AvgIpc) is 3.14. The summed E-state index contributed by atoms with van der Waals surface area (Å²) >= 11 is 0.653. The van der Waals surface area contributed by atoms with Crippen LogP contribution in [0.25, 0.3) is 6.08 Å². The van der Waals surface area contributed by atoms with Crippen LogP contribution in [0.1, 0.15) is 5.56 Å². The van der Waals surface area contributed by atoms with Crippen molar-refractivity contribution in [3.8, 4) is 11.5 Å². The maximum atomic E-state index is 13.0. The number of rotatable bonds is 8. The van der Waals surface area contributed by atoms with Gasteiger partial charge < -0.3 is 14.2 Å². The summed E-state index contributed by atoms with van der Waals surface area (Å²) in [6.07, 6.45) is 1.42. The zero-order chi connectivity index (χ0) is 26.6. The molecule has 0 spiro atoms. The molecule has 0 bridgehead atoms. The largest absolute Gasteiger partial charge is 0.493 e. The number of hydrogen-bond acceptors (Lipinski definition) is 8. The highest BCUT2D eigenvalue weighted by Gasteiger charge is 2.36. The summed E-state index contributed by atoms with van der Waals surface area (Å²) in [6.45, 7) is -0.521. The van der Waals surface area contributed by atoms with Crippen molar-refractivity contribution in [1.29, 1.82) is 0 Å². The highest BCUT2D eigenvalue weighted by atomic mass is 32.2. The summed E-state index contributed by atoms with van der Waals surface area (Å²) in [5.74, 6) is -1.74. The minimum atomic E-state index is -4.10.